The van der Waals surface area contributed by atoms with Gasteiger partial charge in [0.1, 0.15) is 19.2 Å². The van der Waals surface area contributed by atoms with Gasteiger partial charge in [-0.1, -0.05) is 128 Å². The fraction of sp³-hybridized carbons (Fsp3) is 0.0370. The topological polar surface area (TPSA) is 26.3 Å². The molecule has 0 atom stereocenters. The van der Waals surface area contributed by atoms with Crippen molar-refractivity contribution in [1.29, 1.82) is 0 Å². The molecule has 10 aromatic carbocycles. The van der Waals surface area contributed by atoms with Gasteiger partial charge in [0.15, 0.2) is 11.2 Å². The minimum Gasteiger partial charge on any atom is -0.452 e. The van der Waals surface area contributed by atoms with Crippen molar-refractivity contribution in [3.8, 4) is 33.4 Å². The molecule has 1 aliphatic rings. The van der Waals surface area contributed by atoms with Gasteiger partial charge in [-0.05, 0) is 141 Å². The zero-order valence-electron chi connectivity index (χ0n) is 31.5. The molecule has 0 saturated carbocycles. The predicted molar refractivity (Wildman–Crippen MR) is 244 cm³/mol. The Morgan fingerprint density at radius 3 is 1.47 bits per heavy atom. The van der Waals surface area contributed by atoms with E-state index >= 15 is 0 Å². The Kier molecular flexibility index (Phi) is 6.09. The quantitative estimate of drug-likeness (QED) is 0.130. The van der Waals surface area contributed by atoms with Crippen LogP contribution >= 0.6 is 0 Å². The molecule has 3 heteroatoms. The lowest BCUT2D eigenvalue weighted by Crippen LogP contribution is -2.49. The van der Waals surface area contributed by atoms with Crippen LogP contribution in [0.25, 0.3) is 120 Å². The number of hydrogen-bond acceptors (Lipinski definition) is 2. The largest absolute Gasteiger partial charge is 0.452 e. The highest BCUT2D eigenvalue weighted by atomic mass is 28.3. The maximum Gasteiger partial charge on any atom is 0.178 e. The molecule has 3 heterocycles. The number of para-hydroxylation sites is 1. The van der Waals surface area contributed by atoms with E-state index in [-0.39, 0.29) is 0 Å². The molecule has 1 aliphatic heterocycles. The van der Waals surface area contributed by atoms with E-state index in [4.69, 9.17) is 8.83 Å². The third-order valence-corrected chi connectivity index (χ3v) is 16.5. The van der Waals surface area contributed by atoms with Crippen LogP contribution in [-0.2, 0) is 0 Å². The first-order chi connectivity index (χ1) is 28.0. The molecular formula is C54H34O2Si. The van der Waals surface area contributed by atoms with Crippen molar-refractivity contribution < 1.29 is 8.83 Å². The summed E-state index contributed by atoms with van der Waals surface area (Å²) in [5, 5.41) is 17.6. The summed E-state index contributed by atoms with van der Waals surface area (Å²) < 4.78 is 12.9. The summed E-state index contributed by atoms with van der Waals surface area (Å²) in [4.78, 5) is 0. The average Bonchev–Trinajstić information content (AvgIpc) is 3.88. The highest BCUT2D eigenvalue weighted by molar-refractivity contribution is 7.04. The Hall–Kier alpha value is -6.94. The Morgan fingerprint density at radius 1 is 0.333 bits per heavy atom. The second-order valence-electron chi connectivity index (χ2n) is 16.4. The molecule has 0 N–H and O–H groups in total. The van der Waals surface area contributed by atoms with E-state index in [2.05, 4.69) is 171 Å². The second kappa shape index (κ2) is 11.1. The molecule has 0 amide bonds. The Morgan fingerprint density at radius 2 is 0.825 bits per heavy atom. The van der Waals surface area contributed by atoms with Gasteiger partial charge in [-0.25, -0.2) is 0 Å². The smallest absolute Gasteiger partial charge is 0.178 e. The lowest BCUT2D eigenvalue weighted by Gasteiger charge is -2.20. The van der Waals surface area contributed by atoms with E-state index in [9.17, 15) is 0 Å². The van der Waals surface area contributed by atoms with E-state index in [0.717, 1.165) is 43.9 Å². The monoisotopic (exact) mass is 742 g/mol. The summed E-state index contributed by atoms with van der Waals surface area (Å²) in [5.41, 5.74) is 11.1. The van der Waals surface area contributed by atoms with E-state index in [1.165, 1.54) is 86.8 Å². The van der Waals surface area contributed by atoms with Crippen molar-refractivity contribution >= 4 is 105 Å². The van der Waals surface area contributed by atoms with Gasteiger partial charge in [0.25, 0.3) is 0 Å². The van der Waals surface area contributed by atoms with Gasteiger partial charge in [-0.2, -0.15) is 0 Å². The van der Waals surface area contributed by atoms with E-state index in [1.54, 1.807) is 0 Å². The van der Waals surface area contributed by atoms with Gasteiger partial charge in [-0.15, -0.1) is 0 Å². The van der Waals surface area contributed by atoms with Gasteiger partial charge in [0.2, 0.25) is 0 Å². The van der Waals surface area contributed by atoms with Gasteiger partial charge in [0, 0.05) is 21.5 Å². The summed E-state index contributed by atoms with van der Waals surface area (Å²) in [7, 11) is -1.92. The molecule has 0 spiro atoms. The van der Waals surface area contributed by atoms with Crippen LogP contribution in [0.15, 0.2) is 179 Å². The highest BCUT2D eigenvalue weighted by Gasteiger charge is 2.38. The van der Waals surface area contributed by atoms with E-state index in [0.29, 0.717) is 0 Å². The van der Waals surface area contributed by atoms with Gasteiger partial charge >= 0.3 is 0 Å². The van der Waals surface area contributed by atoms with Crippen LogP contribution in [0, 0.1) is 0 Å². The first kappa shape index (κ1) is 31.3. The maximum atomic E-state index is 6.57. The third kappa shape index (κ3) is 4.24. The number of hydrogen-bond donors (Lipinski definition) is 0. The first-order valence-corrected chi connectivity index (χ1v) is 22.8. The van der Waals surface area contributed by atoms with Crippen LogP contribution in [-0.4, -0.2) is 8.07 Å². The van der Waals surface area contributed by atoms with Gasteiger partial charge < -0.3 is 8.83 Å². The lowest BCUT2D eigenvalue weighted by atomic mass is 9.85. The second-order valence-corrected chi connectivity index (χ2v) is 20.7. The minimum absolute atomic E-state index is 0.798. The summed E-state index contributed by atoms with van der Waals surface area (Å²) in [6.45, 7) is 5.03. The zero-order valence-corrected chi connectivity index (χ0v) is 32.5. The molecule has 0 unspecified atom stereocenters. The summed E-state index contributed by atoms with van der Waals surface area (Å²) >= 11 is 0. The van der Waals surface area contributed by atoms with Crippen LogP contribution in [0.1, 0.15) is 0 Å². The van der Waals surface area contributed by atoms with Crippen molar-refractivity contribution in [3.63, 3.8) is 0 Å². The zero-order chi connectivity index (χ0) is 37.6. The summed E-state index contributed by atoms with van der Waals surface area (Å²) in [5.74, 6) is 0. The van der Waals surface area contributed by atoms with Crippen LogP contribution < -0.4 is 10.4 Å². The van der Waals surface area contributed by atoms with Crippen LogP contribution in [0.4, 0.5) is 0 Å². The van der Waals surface area contributed by atoms with Gasteiger partial charge in [0.05, 0.1) is 0 Å². The number of rotatable bonds is 2. The average molecular weight is 743 g/mol. The van der Waals surface area contributed by atoms with Crippen molar-refractivity contribution in [1.82, 2.24) is 0 Å². The van der Waals surface area contributed by atoms with Crippen molar-refractivity contribution in [3.05, 3.63) is 170 Å². The molecular weight excluding hydrogens is 709 g/mol. The fourth-order valence-electron chi connectivity index (χ4n) is 10.3. The molecule has 0 saturated heterocycles. The number of fused-ring (bicyclic) bond motifs is 14. The first-order valence-electron chi connectivity index (χ1n) is 19.8. The molecule has 0 aliphatic carbocycles. The summed E-state index contributed by atoms with van der Waals surface area (Å²) in [6.07, 6.45) is 0. The molecule has 0 fully saturated rings. The molecule has 57 heavy (non-hydrogen) atoms. The Bertz CT molecular complexity index is 3670. The normalized spacial score (nSPS) is 13.6. The molecule has 13 rings (SSSR count). The Balaban J connectivity index is 1.03. The van der Waals surface area contributed by atoms with Crippen molar-refractivity contribution in [2.24, 2.45) is 0 Å². The van der Waals surface area contributed by atoms with Crippen LogP contribution in [0.5, 0.6) is 0 Å². The molecule has 0 bridgehead atoms. The van der Waals surface area contributed by atoms with E-state index < -0.39 is 8.07 Å². The van der Waals surface area contributed by atoms with Crippen molar-refractivity contribution in [2.75, 3.05) is 0 Å². The molecule has 266 valence electrons. The fourth-order valence-corrected chi connectivity index (χ4v) is 13.3. The number of furan rings is 2. The van der Waals surface area contributed by atoms with Gasteiger partial charge in [-0.3, -0.25) is 0 Å². The molecule has 0 radical (unpaired) electrons. The molecule has 2 nitrogen and oxygen atoms in total. The summed E-state index contributed by atoms with van der Waals surface area (Å²) in [6, 6.07) is 62.9. The molecule has 2 aromatic heterocycles. The third-order valence-electron chi connectivity index (χ3n) is 13.0. The lowest BCUT2D eigenvalue weighted by molar-refractivity contribution is 0.633. The molecule has 12 aromatic rings. The minimum atomic E-state index is -1.92. The predicted octanol–water partition coefficient (Wildman–Crippen LogP) is 14.2. The van der Waals surface area contributed by atoms with E-state index in [1.807, 2.05) is 12.1 Å². The maximum absolute atomic E-state index is 6.57. The number of benzene rings is 10. The SMILES string of the molecule is C[Si]1(C)c2ccc(-c3c4ccccc4c(-c4ccc5oc6c(ccc7c8ccccc8oc76)c5c4)c4ccccc34)cc2-c2cc3cc4ccccc4cc3cc21. The van der Waals surface area contributed by atoms with Crippen molar-refractivity contribution in [2.45, 2.75) is 13.1 Å². The standard InChI is InChI=1S/C54H34O2Si/c1-57(2)49-24-20-34(28-45(49)46-29-35-25-31-11-3-4-12-32(31)26-36(35)30-50(46)57)52-40-16-7-5-14-38(40)51(39-15-6-8-17-41(39)52)33-19-23-48-44(27-33)43-22-21-42-37-13-9-10-18-47(37)55-53(42)54(43)56-48/h3-30H,1-2H3. The van der Waals surface area contributed by atoms with Crippen LogP contribution in [0.2, 0.25) is 13.1 Å². The Labute approximate surface area is 329 Å². The highest BCUT2D eigenvalue weighted by Crippen LogP contribution is 2.47. The van der Waals surface area contributed by atoms with Crippen LogP contribution in [0.3, 0.4) is 0 Å².